The average Bonchev–Trinajstić information content (AvgIpc) is 2.82. The van der Waals surface area contributed by atoms with Gasteiger partial charge in [-0.2, -0.15) is 0 Å². The van der Waals surface area contributed by atoms with Crippen molar-refractivity contribution in [3.05, 3.63) is 83.3 Å². The molecule has 3 aromatic rings. The van der Waals surface area contributed by atoms with E-state index in [9.17, 15) is 9.18 Å². The summed E-state index contributed by atoms with van der Waals surface area (Å²) in [7, 11) is 0. The minimum Gasteiger partial charge on any atom is -0.420 e. The molecule has 0 N–H and O–H groups in total. The zero-order chi connectivity index (χ0) is 22.8. The summed E-state index contributed by atoms with van der Waals surface area (Å²) in [6, 6.07) is 16.0. The van der Waals surface area contributed by atoms with Crippen molar-refractivity contribution in [2.75, 3.05) is 0 Å². The molecule has 0 fully saturated rings. The van der Waals surface area contributed by atoms with Gasteiger partial charge in [0.25, 0.3) is 0 Å². The number of aromatic nitrogens is 1. The summed E-state index contributed by atoms with van der Waals surface area (Å²) in [5.74, 6) is -1.13. The number of carbonyl (C=O) groups excluding carboxylic acids is 1. The molecule has 0 saturated heterocycles. The Labute approximate surface area is 190 Å². The first kappa shape index (κ1) is 23.6. The van der Waals surface area contributed by atoms with E-state index in [-0.39, 0.29) is 5.75 Å². The number of rotatable bonds is 11. The lowest BCUT2D eigenvalue weighted by Gasteiger charge is -2.08. The number of benzene rings is 2. The van der Waals surface area contributed by atoms with Gasteiger partial charge in [-0.25, -0.2) is 9.18 Å². The molecule has 3 nitrogen and oxygen atoms in total. The Morgan fingerprint density at radius 3 is 2.09 bits per heavy atom. The van der Waals surface area contributed by atoms with Crippen molar-refractivity contribution >= 4 is 5.97 Å². The first-order valence-electron chi connectivity index (χ1n) is 11.7. The van der Waals surface area contributed by atoms with E-state index in [1.807, 2.05) is 30.5 Å². The molecular weight excluding hydrogens is 401 g/mol. The van der Waals surface area contributed by atoms with E-state index in [1.54, 1.807) is 12.1 Å². The van der Waals surface area contributed by atoms with Crippen molar-refractivity contribution in [3.8, 4) is 17.0 Å². The minimum atomic E-state index is -0.576. The van der Waals surface area contributed by atoms with Crippen LogP contribution in [0.5, 0.6) is 5.75 Å². The highest BCUT2D eigenvalue weighted by atomic mass is 19.1. The Hall–Kier alpha value is -3.01. The number of hydrogen-bond acceptors (Lipinski definition) is 3. The van der Waals surface area contributed by atoms with Crippen molar-refractivity contribution in [1.29, 1.82) is 0 Å². The van der Waals surface area contributed by atoms with Crippen LogP contribution in [0.15, 0.2) is 60.8 Å². The van der Waals surface area contributed by atoms with Crippen molar-refractivity contribution in [1.82, 2.24) is 4.98 Å². The van der Waals surface area contributed by atoms with Gasteiger partial charge in [0, 0.05) is 11.8 Å². The highest BCUT2D eigenvalue weighted by Gasteiger charge is 2.13. The number of halogens is 1. The number of nitrogens with zero attached hydrogens (tertiary/aromatic N) is 1. The first-order chi connectivity index (χ1) is 15.6. The van der Waals surface area contributed by atoms with E-state index in [1.165, 1.54) is 37.0 Å². The van der Waals surface area contributed by atoms with Gasteiger partial charge >= 0.3 is 5.97 Å². The molecule has 0 aliphatic heterocycles. The first-order valence-corrected chi connectivity index (χ1v) is 11.7. The summed E-state index contributed by atoms with van der Waals surface area (Å²) in [5, 5.41) is 0. The van der Waals surface area contributed by atoms with Gasteiger partial charge in [-0.05, 0) is 67.1 Å². The van der Waals surface area contributed by atoms with Gasteiger partial charge < -0.3 is 4.74 Å². The van der Waals surface area contributed by atoms with Gasteiger partial charge in [-0.3, -0.25) is 4.98 Å². The average molecular weight is 434 g/mol. The normalized spacial score (nSPS) is 10.8. The second kappa shape index (κ2) is 12.1. The molecule has 0 aliphatic carbocycles. The van der Waals surface area contributed by atoms with Crippen molar-refractivity contribution in [2.45, 2.75) is 65.2 Å². The van der Waals surface area contributed by atoms with E-state index in [4.69, 9.17) is 4.74 Å². The fraction of sp³-hybridized carbons (Fsp3) is 0.357. The van der Waals surface area contributed by atoms with E-state index >= 15 is 0 Å². The minimum absolute atomic E-state index is 0.0429. The third kappa shape index (κ3) is 6.74. The molecule has 0 bridgehead atoms. The molecule has 0 unspecified atom stereocenters. The van der Waals surface area contributed by atoms with Crippen molar-refractivity contribution < 1.29 is 13.9 Å². The highest BCUT2D eigenvalue weighted by Crippen LogP contribution is 2.23. The quantitative estimate of drug-likeness (QED) is 0.178. The maximum Gasteiger partial charge on any atom is 0.343 e. The van der Waals surface area contributed by atoms with Crippen LogP contribution >= 0.6 is 0 Å². The van der Waals surface area contributed by atoms with Crippen LogP contribution in [0.25, 0.3) is 11.3 Å². The monoisotopic (exact) mass is 433 g/mol. The van der Waals surface area contributed by atoms with Crippen LogP contribution in [0.1, 0.15) is 73.9 Å². The lowest BCUT2D eigenvalue weighted by atomic mass is 10.1. The maximum absolute atomic E-state index is 14.4. The number of carbonyl (C=O) groups is 1. The molecule has 0 atom stereocenters. The van der Waals surface area contributed by atoms with Crippen LogP contribution in [0.3, 0.4) is 0 Å². The number of esters is 1. The van der Waals surface area contributed by atoms with Crippen LogP contribution in [-0.4, -0.2) is 11.0 Å². The van der Waals surface area contributed by atoms with Crippen LogP contribution in [0.2, 0.25) is 0 Å². The van der Waals surface area contributed by atoms with Gasteiger partial charge in [-0.15, -0.1) is 0 Å². The zero-order valence-electron chi connectivity index (χ0n) is 19.1. The molecule has 0 amide bonds. The Kier molecular flexibility index (Phi) is 8.97. The smallest absolute Gasteiger partial charge is 0.343 e. The molecule has 1 aromatic heterocycles. The third-order valence-corrected chi connectivity index (χ3v) is 5.58. The Morgan fingerprint density at radius 1 is 0.844 bits per heavy atom. The van der Waals surface area contributed by atoms with Crippen molar-refractivity contribution in [2.24, 2.45) is 0 Å². The number of unbranched alkanes of at least 4 members (excludes halogenated alkanes) is 4. The Balaban J connectivity index is 1.60. The Bertz CT molecular complexity index is 997. The second-order valence-electron chi connectivity index (χ2n) is 8.20. The summed E-state index contributed by atoms with van der Waals surface area (Å²) in [5.41, 5.74) is 4.30. The van der Waals surface area contributed by atoms with Gasteiger partial charge in [0.05, 0.1) is 11.3 Å². The molecule has 0 saturated carbocycles. The van der Waals surface area contributed by atoms with Gasteiger partial charge in [0.2, 0.25) is 0 Å². The summed E-state index contributed by atoms with van der Waals surface area (Å²) >= 11 is 0. The van der Waals surface area contributed by atoms with Crippen LogP contribution < -0.4 is 4.74 Å². The fourth-order valence-electron chi connectivity index (χ4n) is 3.62. The van der Waals surface area contributed by atoms with E-state index in [2.05, 4.69) is 24.9 Å². The van der Waals surface area contributed by atoms with Gasteiger partial charge in [0.15, 0.2) is 11.6 Å². The predicted molar refractivity (Wildman–Crippen MR) is 127 cm³/mol. The van der Waals surface area contributed by atoms with Crippen LogP contribution in [-0.2, 0) is 12.8 Å². The molecule has 3 rings (SSSR count). The van der Waals surface area contributed by atoms with E-state index in [0.717, 1.165) is 48.9 Å². The summed E-state index contributed by atoms with van der Waals surface area (Å²) in [4.78, 5) is 17.0. The maximum atomic E-state index is 14.4. The zero-order valence-corrected chi connectivity index (χ0v) is 19.1. The molecule has 2 aromatic carbocycles. The Morgan fingerprint density at radius 2 is 1.50 bits per heavy atom. The molecule has 32 heavy (non-hydrogen) atoms. The van der Waals surface area contributed by atoms with Gasteiger partial charge in [0.1, 0.15) is 0 Å². The molecule has 0 spiro atoms. The lowest BCUT2D eigenvalue weighted by molar-refractivity contribution is 0.0728. The molecule has 4 heteroatoms. The van der Waals surface area contributed by atoms with Crippen LogP contribution in [0.4, 0.5) is 4.39 Å². The molecule has 0 radical (unpaired) electrons. The lowest BCUT2D eigenvalue weighted by Crippen LogP contribution is -2.09. The highest BCUT2D eigenvalue weighted by molar-refractivity contribution is 5.91. The fourth-order valence-corrected chi connectivity index (χ4v) is 3.62. The standard InChI is InChI=1S/C28H32FNO2/c1-3-5-7-9-21-12-18-27(25(29)19-21)32-28(31)24-15-13-23(14-16-24)26-17-11-22(20-30-26)10-8-6-4-2/h11-20H,3-10H2,1-2H3. The van der Waals surface area contributed by atoms with Gasteiger partial charge in [-0.1, -0.05) is 63.8 Å². The number of hydrogen-bond donors (Lipinski definition) is 0. The number of aryl methyl sites for hydroxylation is 2. The van der Waals surface area contributed by atoms with E-state index in [0.29, 0.717) is 5.56 Å². The van der Waals surface area contributed by atoms with E-state index < -0.39 is 11.8 Å². The summed E-state index contributed by atoms with van der Waals surface area (Å²) in [6.07, 6.45) is 10.7. The number of ether oxygens (including phenoxy) is 1. The molecule has 1 heterocycles. The third-order valence-electron chi connectivity index (χ3n) is 5.58. The molecule has 168 valence electrons. The molecule has 0 aliphatic rings. The summed E-state index contributed by atoms with van der Waals surface area (Å²) < 4.78 is 19.7. The van der Waals surface area contributed by atoms with Crippen molar-refractivity contribution in [3.63, 3.8) is 0 Å². The second-order valence-corrected chi connectivity index (χ2v) is 8.20. The largest absolute Gasteiger partial charge is 0.420 e. The number of pyridine rings is 1. The molecular formula is C28H32FNO2. The van der Waals surface area contributed by atoms with Crippen LogP contribution in [0, 0.1) is 5.82 Å². The predicted octanol–water partition coefficient (Wildman–Crippen LogP) is 7.57. The SMILES string of the molecule is CCCCCc1ccc(-c2ccc(C(=O)Oc3ccc(CCCCC)cc3F)cc2)nc1. The topological polar surface area (TPSA) is 39.2 Å². The summed E-state index contributed by atoms with van der Waals surface area (Å²) in [6.45, 7) is 4.33.